The second-order valence-electron chi connectivity index (χ2n) is 7.07. The number of rotatable bonds is 2. The van der Waals surface area contributed by atoms with Crippen LogP contribution in [0.4, 0.5) is 4.79 Å². The third-order valence-electron chi connectivity index (χ3n) is 4.22. The highest BCUT2D eigenvalue weighted by Gasteiger charge is 2.34. The van der Waals surface area contributed by atoms with Crippen LogP contribution in [-0.2, 0) is 4.74 Å². The Morgan fingerprint density at radius 1 is 1.32 bits per heavy atom. The van der Waals surface area contributed by atoms with Gasteiger partial charge in [-0.1, -0.05) is 24.3 Å². The molecule has 4 heteroatoms. The van der Waals surface area contributed by atoms with Crippen molar-refractivity contribution in [2.24, 2.45) is 0 Å². The number of nitrogens with one attached hydrogen (secondary N) is 1. The van der Waals surface area contributed by atoms with E-state index in [-0.39, 0.29) is 6.09 Å². The molecule has 122 valence electrons. The van der Waals surface area contributed by atoms with Crippen molar-refractivity contribution in [1.82, 2.24) is 10.2 Å². The molecule has 1 amide bonds. The van der Waals surface area contributed by atoms with Crippen LogP contribution in [0.2, 0.25) is 0 Å². The first-order chi connectivity index (χ1) is 10.3. The van der Waals surface area contributed by atoms with Gasteiger partial charge in [0.25, 0.3) is 0 Å². The van der Waals surface area contributed by atoms with E-state index < -0.39 is 5.60 Å². The van der Waals surface area contributed by atoms with Gasteiger partial charge in [0.05, 0.1) is 0 Å². The Morgan fingerprint density at radius 2 is 2.00 bits per heavy atom. The number of carbonyl (C=O) groups excluding carboxylic acids is 1. The summed E-state index contributed by atoms with van der Waals surface area (Å²) in [5.41, 5.74) is 2.14. The van der Waals surface area contributed by atoms with Crippen LogP contribution in [0.5, 0.6) is 0 Å². The largest absolute Gasteiger partial charge is 0.444 e. The smallest absolute Gasteiger partial charge is 0.410 e. The van der Waals surface area contributed by atoms with Gasteiger partial charge in [-0.3, -0.25) is 0 Å². The summed E-state index contributed by atoms with van der Waals surface area (Å²) in [5, 5.41) is 3.41. The highest BCUT2D eigenvalue weighted by atomic mass is 16.6. The maximum atomic E-state index is 12.4. The molecule has 22 heavy (non-hydrogen) atoms. The molecular weight excluding hydrogens is 276 g/mol. The number of carbonyl (C=O) groups is 1. The second kappa shape index (κ2) is 6.69. The van der Waals surface area contributed by atoms with Gasteiger partial charge in [0, 0.05) is 25.0 Å². The molecule has 4 nitrogen and oxygen atoms in total. The fourth-order valence-corrected chi connectivity index (χ4v) is 3.11. The van der Waals surface area contributed by atoms with Crippen LogP contribution < -0.4 is 5.32 Å². The Kier molecular flexibility index (Phi) is 5.12. The standard InChI is InChI=1S/C18H28N2O2/c1-13-8-6-7-9-14(13)15-12-20(11-10-16(15)19-5)17(21)22-18(2,3)4/h6-9,15-16,19H,10-12H2,1-5H3/t15-,16+/m0/s1. The number of benzene rings is 1. The molecule has 1 saturated heterocycles. The summed E-state index contributed by atoms with van der Waals surface area (Å²) in [7, 11) is 2.00. The van der Waals surface area contributed by atoms with E-state index in [4.69, 9.17) is 4.74 Å². The van der Waals surface area contributed by atoms with Crippen LogP contribution in [0.25, 0.3) is 0 Å². The molecule has 0 spiro atoms. The van der Waals surface area contributed by atoms with Crippen molar-refractivity contribution >= 4 is 6.09 Å². The quantitative estimate of drug-likeness (QED) is 0.911. The van der Waals surface area contributed by atoms with E-state index in [0.717, 1.165) is 13.0 Å². The molecule has 0 bridgehead atoms. The van der Waals surface area contributed by atoms with E-state index in [1.807, 2.05) is 32.7 Å². The van der Waals surface area contributed by atoms with Gasteiger partial charge in [-0.05, 0) is 52.3 Å². The van der Waals surface area contributed by atoms with E-state index in [1.54, 1.807) is 0 Å². The molecular formula is C18H28N2O2. The predicted molar refractivity (Wildman–Crippen MR) is 89.2 cm³/mol. The first-order valence-corrected chi connectivity index (χ1v) is 8.02. The fraction of sp³-hybridized carbons (Fsp3) is 0.611. The SMILES string of the molecule is CN[C@@H]1CCN(C(=O)OC(C)(C)C)C[C@H]1c1ccccc1C. The highest BCUT2D eigenvalue weighted by molar-refractivity contribution is 5.68. The monoisotopic (exact) mass is 304 g/mol. The van der Waals surface area contributed by atoms with Crippen LogP contribution in [0.1, 0.15) is 44.2 Å². The van der Waals surface area contributed by atoms with Crippen LogP contribution in [-0.4, -0.2) is 42.8 Å². The first kappa shape index (κ1) is 16.8. The summed E-state index contributed by atoms with van der Waals surface area (Å²) in [5.74, 6) is 0.299. The minimum atomic E-state index is -0.449. The Morgan fingerprint density at radius 3 is 2.59 bits per heavy atom. The zero-order valence-corrected chi connectivity index (χ0v) is 14.3. The third kappa shape index (κ3) is 4.01. The zero-order chi connectivity index (χ0) is 16.3. The van der Waals surface area contributed by atoms with Crippen LogP contribution in [0.3, 0.4) is 0 Å². The van der Waals surface area contributed by atoms with Crippen molar-refractivity contribution in [2.45, 2.75) is 51.7 Å². The number of nitrogens with zero attached hydrogens (tertiary/aromatic N) is 1. The number of amides is 1. The van der Waals surface area contributed by atoms with E-state index in [9.17, 15) is 4.79 Å². The van der Waals surface area contributed by atoms with Gasteiger partial charge in [-0.15, -0.1) is 0 Å². The van der Waals surface area contributed by atoms with Gasteiger partial charge < -0.3 is 15.0 Å². The molecule has 1 N–H and O–H groups in total. The Labute approximate surface area is 133 Å². The summed E-state index contributed by atoms with van der Waals surface area (Å²) in [6.45, 7) is 9.29. The van der Waals surface area contributed by atoms with Crippen molar-refractivity contribution < 1.29 is 9.53 Å². The maximum Gasteiger partial charge on any atom is 0.410 e. The van der Waals surface area contributed by atoms with Gasteiger partial charge in [0.15, 0.2) is 0 Å². The molecule has 1 aromatic rings. The Balaban J connectivity index is 2.17. The van der Waals surface area contributed by atoms with Crippen molar-refractivity contribution in [3.8, 4) is 0 Å². The van der Waals surface area contributed by atoms with Gasteiger partial charge in [-0.2, -0.15) is 0 Å². The van der Waals surface area contributed by atoms with Crippen molar-refractivity contribution in [1.29, 1.82) is 0 Å². The summed E-state index contributed by atoms with van der Waals surface area (Å²) in [4.78, 5) is 14.2. The first-order valence-electron chi connectivity index (χ1n) is 8.02. The Bertz CT molecular complexity index is 522. The molecule has 2 rings (SSSR count). The molecule has 1 aliphatic rings. The van der Waals surface area contributed by atoms with Crippen molar-refractivity contribution in [2.75, 3.05) is 20.1 Å². The number of hydrogen-bond donors (Lipinski definition) is 1. The molecule has 2 atom stereocenters. The van der Waals surface area contributed by atoms with Gasteiger partial charge in [-0.25, -0.2) is 4.79 Å². The number of aryl methyl sites for hydroxylation is 1. The third-order valence-corrected chi connectivity index (χ3v) is 4.22. The van der Waals surface area contributed by atoms with E-state index in [1.165, 1.54) is 11.1 Å². The number of piperidine rings is 1. The summed E-state index contributed by atoms with van der Waals surface area (Å²) in [6, 6.07) is 8.82. The van der Waals surface area contributed by atoms with Crippen LogP contribution >= 0.6 is 0 Å². The molecule has 0 unspecified atom stereocenters. The molecule has 0 aliphatic carbocycles. The van der Waals surface area contributed by atoms with Gasteiger partial charge in [0.2, 0.25) is 0 Å². The number of hydrogen-bond acceptors (Lipinski definition) is 3. The minimum Gasteiger partial charge on any atom is -0.444 e. The van der Waals surface area contributed by atoms with Crippen molar-refractivity contribution in [3.05, 3.63) is 35.4 Å². The second-order valence-corrected chi connectivity index (χ2v) is 7.07. The lowest BCUT2D eigenvalue weighted by Gasteiger charge is -2.39. The number of ether oxygens (including phenoxy) is 1. The average molecular weight is 304 g/mol. The predicted octanol–water partition coefficient (Wildman–Crippen LogP) is 3.31. The van der Waals surface area contributed by atoms with E-state index >= 15 is 0 Å². The lowest BCUT2D eigenvalue weighted by Crippen LogP contribution is -2.50. The lowest BCUT2D eigenvalue weighted by atomic mass is 9.84. The summed E-state index contributed by atoms with van der Waals surface area (Å²) in [6.07, 6.45) is 0.731. The topological polar surface area (TPSA) is 41.6 Å². The molecule has 1 aliphatic heterocycles. The molecule has 1 heterocycles. The zero-order valence-electron chi connectivity index (χ0n) is 14.3. The number of likely N-dealkylation sites (N-methyl/N-ethyl adjacent to an activating group) is 1. The Hall–Kier alpha value is -1.55. The molecule has 1 aromatic carbocycles. The normalized spacial score (nSPS) is 22.5. The molecule has 1 fully saturated rings. The summed E-state index contributed by atoms with van der Waals surface area (Å²) < 4.78 is 5.53. The van der Waals surface area contributed by atoms with Gasteiger partial charge >= 0.3 is 6.09 Å². The summed E-state index contributed by atoms with van der Waals surface area (Å²) >= 11 is 0. The van der Waals surface area contributed by atoms with Crippen LogP contribution in [0, 0.1) is 6.92 Å². The van der Waals surface area contributed by atoms with E-state index in [2.05, 4.69) is 36.5 Å². The maximum absolute atomic E-state index is 12.4. The molecule has 0 saturated carbocycles. The lowest BCUT2D eigenvalue weighted by molar-refractivity contribution is 0.0177. The van der Waals surface area contributed by atoms with E-state index in [0.29, 0.717) is 18.5 Å². The van der Waals surface area contributed by atoms with Gasteiger partial charge in [0.1, 0.15) is 5.60 Å². The average Bonchev–Trinajstić information content (AvgIpc) is 2.45. The van der Waals surface area contributed by atoms with Crippen molar-refractivity contribution in [3.63, 3.8) is 0 Å². The highest BCUT2D eigenvalue weighted by Crippen LogP contribution is 2.30. The number of likely N-dealkylation sites (tertiary alicyclic amines) is 1. The molecule has 0 radical (unpaired) electrons. The molecule has 0 aromatic heterocycles. The fourth-order valence-electron chi connectivity index (χ4n) is 3.11. The minimum absolute atomic E-state index is 0.208. The van der Waals surface area contributed by atoms with Crippen LogP contribution in [0.15, 0.2) is 24.3 Å².